The number of imidazole rings is 1. The van der Waals surface area contributed by atoms with Crippen LogP contribution in [0.25, 0.3) is 5.65 Å². The van der Waals surface area contributed by atoms with Crippen molar-refractivity contribution in [2.75, 3.05) is 26.3 Å². The van der Waals surface area contributed by atoms with Gasteiger partial charge in [-0.05, 0) is 24.6 Å². The number of aromatic nitrogens is 3. The molecule has 158 valence electrons. The second kappa shape index (κ2) is 9.29. The molecule has 0 spiro atoms. The Kier molecular flexibility index (Phi) is 5.91. The van der Waals surface area contributed by atoms with Crippen LogP contribution in [0.3, 0.4) is 0 Å². The van der Waals surface area contributed by atoms with Gasteiger partial charge in [0, 0.05) is 49.7 Å². The molecule has 1 atom stereocenters. The highest BCUT2D eigenvalue weighted by Crippen LogP contribution is 2.27. The highest BCUT2D eigenvalue weighted by atomic mass is 16.5. The molecule has 3 heterocycles. The lowest BCUT2D eigenvalue weighted by Crippen LogP contribution is -2.30. The first-order chi connectivity index (χ1) is 15.3. The van der Waals surface area contributed by atoms with Gasteiger partial charge in [-0.3, -0.25) is 9.88 Å². The van der Waals surface area contributed by atoms with Crippen molar-refractivity contribution < 1.29 is 9.47 Å². The average molecular weight is 415 g/mol. The molecule has 31 heavy (non-hydrogen) atoms. The van der Waals surface area contributed by atoms with Gasteiger partial charge in [0.1, 0.15) is 11.5 Å². The molecule has 0 aliphatic carbocycles. The van der Waals surface area contributed by atoms with E-state index in [9.17, 15) is 0 Å². The van der Waals surface area contributed by atoms with Crippen molar-refractivity contribution in [1.29, 1.82) is 0 Å². The topological polar surface area (TPSA) is 51.9 Å². The van der Waals surface area contributed by atoms with Crippen LogP contribution in [0.15, 0.2) is 79.4 Å². The fourth-order valence-electron chi connectivity index (χ4n) is 4.08. The Labute approximate surface area is 182 Å². The van der Waals surface area contributed by atoms with Gasteiger partial charge in [0.25, 0.3) is 0 Å². The molecule has 0 amide bonds. The van der Waals surface area contributed by atoms with E-state index in [1.54, 1.807) is 6.20 Å². The number of hydrogen-bond donors (Lipinski definition) is 0. The van der Waals surface area contributed by atoms with Crippen LogP contribution in [0.2, 0.25) is 0 Å². The quantitative estimate of drug-likeness (QED) is 0.473. The lowest BCUT2D eigenvalue weighted by molar-refractivity contribution is 0.121. The van der Waals surface area contributed by atoms with E-state index in [0.717, 1.165) is 62.1 Å². The molecular formula is C25H26N4O2. The first-order valence-corrected chi connectivity index (χ1v) is 10.7. The third-order valence-electron chi connectivity index (χ3n) is 5.59. The van der Waals surface area contributed by atoms with Crippen molar-refractivity contribution >= 4 is 5.65 Å². The van der Waals surface area contributed by atoms with Gasteiger partial charge < -0.3 is 13.9 Å². The average Bonchev–Trinajstić information content (AvgIpc) is 3.15. The zero-order valence-electron chi connectivity index (χ0n) is 17.4. The summed E-state index contributed by atoms with van der Waals surface area (Å²) in [6, 6.07) is 18.2. The molecule has 6 heteroatoms. The summed E-state index contributed by atoms with van der Waals surface area (Å²) in [5.41, 5.74) is 3.12. The van der Waals surface area contributed by atoms with Crippen molar-refractivity contribution in [1.82, 2.24) is 19.3 Å². The Hall–Kier alpha value is -3.22. The summed E-state index contributed by atoms with van der Waals surface area (Å²) in [6.45, 7) is 4.19. The summed E-state index contributed by atoms with van der Waals surface area (Å²) in [6.07, 6.45) is 8.54. The monoisotopic (exact) mass is 414 g/mol. The second-order valence-electron chi connectivity index (χ2n) is 7.97. The van der Waals surface area contributed by atoms with Crippen LogP contribution in [0.4, 0.5) is 0 Å². The van der Waals surface area contributed by atoms with E-state index in [4.69, 9.17) is 9.47 Å². The van der Waals surface area contributed by atoms with E-state index in [-0.39, 0.29) is 0 Å². The molecule has 2 aromatic heterocycles. The molecule has 1 aliphatic rings. The van der Waals surface area contributed by atoms with Gasteiger partial charge in [0.2, 0.25) is 0 Å². The minimum absolute atomic E-state index is 0.387. The molecule has 0 unspecified atom stereocenters. The number of nitrogens with zero attached hydrogens (tertiary/aromatic N) is 4. The predicted octanol–water partition coefficient (Wildman–Crippen LogP) is 4.21. The summed E-state index contributed by atoms with van der Waals surface area (Å²) in [4.78, 5) is 11.3. The van der Waals surface area contributed by atoms with E-state index < -0.39 is 0 Å². The lowest BCUT2D eigenvalue weighted by atomic mass is 10.0. The SMILES string of the molecule is c1ccc(Oc2ccccc2CN2CCOC[C@H](Cc3cn4ccnc4cn3)C2)cc1. The van der Waals surface area contributed by atoms with E-state index >= 15 is 0 Å². The van der Waals surface area contributed by atoms with Crippen molar-refractivity contribution in [3.63, 3.8) is 0 Å². The first kappa shape index (κ1) is 19.7. The first-order valence-electron chi connectivity index (χ1n) is 10.7. The third-order valence-corrected chi connectivity index (χ3v) is 5.59. The smallest absolute Gasteiger partial charge is 0.155 e. The van der Waals surface area contributed by atoms with Crippen LogP contribution in [-0.2, 0) is 17.7 Å². The zero-order valence-corrected chi connectivity index (χ0v) is 17.4. The van der Waals surface area contributed by atoms with Crippen LogP contribution >= 0.6 is 0 Å². The third kappa shape index (κ3) is 4.93. The molecule has 1 aliphatic heterocycles. The second-order valence-corrected chi connectivity index (χ2v) is 7.97. The van der Waals surface area contributed by atoms with Crippen LogP contribution in [0.1, 0.15) is 11.3 Å². The predicted molar refractivity (Wildman–Crippen MR) is 119 cm³/mol. The Bertz CT molecular complexity index is 1130. The van der Waals surface area contributed by atoms with Crippen molar-refractivity contribution in [2.45, 2.75) is 13.0 Å². The van der Waals surface area contributed by atoms with Gasteiger partial charge in [-0.1, -0.05) is 36.4 Å². The number of fused-ring (bicyclic) bond motifs is 1. The molecule has 2 aromatic carbocycles. The van der Waals surface area contributed by atoms with E-state index in [1.165, 1.54) is 5.56 Å². The highest BCUT2D eigenvalue weighted by Gasteiger charge is 2.21. The minimum atomic E-state index is 0.387. The molecule has 0 saturated carbocycles. The summed E-state index contributed by atoms with van der Waals surface area (Å²) in [5, 5.41) is 0. The van der Waals surface area contributed by atoms with E-state index in [0.29, 0.717) is 5.92 Å². The Balaban J connectivity index is 1.28. The fraction of sp³-hybridized carbons (Fsp3) is 0.280. The number of hydrogen-bond acceptors (Lipinski definition) is 5. The van der Waals surface area contributed by atoms with Crippen LogP contribution in [-0.4, -0.2) is 45.6 Å². The molecular weight excluding hydrogens is 388 g/mol. The van der Waals surface area contributed by atoms with Crippen LogP contribution in [0, 0.1) is 5.92 Å². The van der Waals surface area contributed by atoms with Crippen LogP contribution < -0.4 is 4.74 Å². The Morgan fingerprint density at radius 2 is 1.90 bits per heavy atom. The molecule has 1 saturated heterocycles. The fourth-order valence-corrected chi connectivity index (χ4v) is 4.08. The normalized spacial score (nSPS) is 17.5. The minimum Gasteiger partial charge on any atom is -0.457 e. The maximum absolute atomic E-state index is 6.16. The van der Waals surface area contributed by atoms with E-state index in [1.807, 2.05) is 59.3 Å². The molecule has 0 bridgehead atoms. The standard InChI is InChI=1S/C25H26N4O2/c1-2-7-23(8-3-1)31-24-9-5-4-6-21(24)17-28-12-13-30-19-20(16-28)14-22-18-29-11-10-26-25(29)15-27-22/h1-11,15,18,20H,12-14,16-17,19H2/t20-/m1/s1. The summed E-state index contributed by atoms with van der Waals surface area (Å²) < 4.78 is 14.1. The van der Waals surface area contributed by atoms with E-state index in [2.05, 4.69) is 33.2 Å². The van der Waals surface area contributed by atoms with Gasteiger partial charge >= 0.3 is 0 Å². The summed E-state index contributed by atoms with van der Waals surface area (Å²) >= 11 is 0. The van der Waals surface area contributed by atoms with Gasteiger partial charge in [-0.2, -0.15) is 0 Å². The van der Waals surface area contributed by atoms with Crippen molar-refractivity contribution in [3.8, 4) is 11.5 Å². The maximum Gasteiger partial charge on any atom is 0.155 e. The molecule has 5 rings (SSSR count). The van der Waals surface area contributed by atoms with Crippen molar-refractivity contribution in [3.05, 3.63) is 90.6 Å². The molecule has 6 nitrogen and oxygen atoms in total. The van der Waals surface area contributed by atoms with Gasteiger partial charge in [-0.15, -0.1) is 0 Å². The molecule has 4 aromatic rings. The lowest BCUT2D eigenvalue weighted by Gasteiger charge is -2.24. The molecule has 0 N–H and O–H groups in total. The van der Waals surface area contributed by atoms with Crippen molar-refractivity contribution in [2.24, 2.45) is 5.92 Å². The molecule has 0 radical (unpaired) electrons. The summed E-state index contributed by atoms with van der Waals surface area (Å²) in [7, 11) is 0. The molecule has 1 fully saturated rings. The number of benzene rings is 2. The summed E-state index contributed by atoms with van der Waals surface area (Å²) in [5.74, 6) is 2.15. The zero-order chi connectivity index (χ0) is 20.9. The van der Waals surface area contributed by atoms with Crippen LogP contribution in [0.5, 0.6) is 11.5 Å². The van der Waals surface area contributed by atoms with Gasteiger partial charge in [0.15, 0.2) is 5.65 Å². The highest BCUT2D eigenvalue weighted by molar-refractivity contribution is 5.38. The largest absolute Gasteiger partial charge is 0.457 e. The van der Waals surface area contributed by atoms with Gasteiger partial charge in [0.05, 0.1) is 25.1 Å². The van der Waals surface area contributed by atoms with Gasteiger partial charge in [-0.25, -0.2) is 4.98 Å². The number of para-hydroxylation sites is 2. The Morgan fingerprint density at radius 1 is 1.03 bits per heavy atom. The Morgan fingerprint density at radius 3 is 2.84 bits per heavy atom. The number of ether oxygens (including phenoxy) is 2. The number of rotatable bonds is 6. The maximum atomic E-state index is 6.16.